The van der Waals surface area contributed by atoms with E-state index in [0.717, 1.165) is 16.5 Å². The normalized spacial score (nSPS) is 30.6. The molecule has 2 aliphatic rings. The highest BCUT2D eigenvalue weighted by molar-refractivity contribution is 8.14. The number of amidine groups is 1. The van der Waals surface area contributed by atoms with E-state index in [-0.39, 0.29) is 23.5 Å². The van der Waals surface area contributed by atoms with Gasteiger partial charge in [-0.25, -0.2) is 4.39 Å². The molecule has 1 aromatic carbocycles. The maximum Gasteiger partial charge on any atom is 0.161 e. The van der Waals surface area contributed by atoms with Gasteiger partial charge in [0.15, 0.2) is 5.17 Å². The van der Waals surface area contributed by atoms with E-state index in [4.69, 9.17) is 19.2 Å². The Balaban J connectivity index is 1.79. The summed E-state index contributed by atoms with van der Waals surface area (Å²) in [4.78, 5) is 6.78. The van der Waals surface area contributed by atoms with Crippen molar-refractivity contribution in [3.05, 3.63) is 29.8 Å². The molecule has 150 valence electrons. The molecule has 5 nitrogen and oxygen atoms in total. The van der Waals surface area contributed by atoms with Gasteiger partial charge in [-0.3, -0.25) is 4.99 Å². The van der Waals surface area contributed by atoms with Crippen LogP contribution in [-0.4, -0.2) is 60.6 Å². The number of fused-ring (bicyclic) bond motifs is 1. The SMILES string of the molecule is COc1ccc(CO[C@H]2[C@H](C)[C@@H](C(C)(C)F)O[C@@H]3SC(N(C)C)=N[C@H]23)cc1. The van der Waals surface area contributed by atoms with Crippen LogP contribution in [0.25, 0.3) is 0 Å². The van der Waals surface area contributed by atoms with E-state index in [9.17, 15) is 4.39 Å². The lowest BCUT2D eigenvalue weighted by molar-refractivity contribution is -0.174. The second kappa shape index (κ2) is 7.97. The summed E-state index contributed by atoms with van der Waals surface area (Å²) in [7, 11) is 5.55. The molecule has 0 spiro atoms. The molecule has 1 fully saturated rings. The quantitative estimate of drug-likeness (QED) is 0.759. The average molecular weight is 397 g/mol. The van der Waals surface area contributed by atoms with Gasteiger partial charge >= 0.3 is 0 Å². The van der Waals surface area contributed by atoms with Gasteiger partial charge in [0.25, 0.3) is 0 Å². The first-order valence-corrected chi connectivity index (χ1v) is 10.1. The summed E-state index contributed by atoms with van der Waals surface area (Å²) in [5.41, 5.74) is -0.628. The largest absolute Gasteiger partial charge is 0.497 e. The van der Waals surface area contributed by atoms with Gasteiger partial charge in [-0.05, 0) is 31.5 Å². The molecule has 0 bridgehead atoms. The Morgan fingerprint density at radius 1 is 1.26 bits per heavy atom. The molecule has 1 aromatic rings. The third-order valence-corrected chi connectivity index (χ3v) is 6.34. The summed E-state index contributed by atoms with van der Waals surface area (Å²) in [6.45, 7) is 5.58. The van der Waals surface area contributed by atoms with Crippen LogP contribution in [0.2, 0.25) is 0 Å². The summed E-state index contributed by atoms with van der Waals surface area (Å²) in [6.07, 6.45) is -0.750. The molecule has 0 aliphatic carbocycles. The van der Waals surface area contributed by atoms with Crippen LogP contribution in [0.15, 0.2) is 29.3 Å². The third-order valence-electron chi connectivity index (χ3n) is 5.03. The topological polar surface area (TPSA) is 43.3 Å². The number of ether oxygens (including phenoxy) is 3. The average Bonchev–Trinajstić information content (AvgIpc) is 3.04. The second-order valence-corrected chi connectivity index (χ2v) is 8.95. The maximum atomic E-state index is 14.8. The molecule has 0 radical (unpaired) electrons. The van der Waals surface area contributed by atoms with Gasteiger partial charge < -0.3 is 19.1 Å². The van der Waals surface area contributed by atoms with E-state index in [1.165, 1.54) is 0 Å². The van der Waals surface area contributed by atoms with E-state index in [1.54, 1.807) is 32.7 Å². The van der Waals surface area contributed by atoms with Crippen LogP contribution in [-0.2, 0) is 16.1 Å². The van der Waals surface area contributed by atoms with E-state index in [0.29, 0.717) is 6.61 Å². The molecule has 2 heterocycles. The monoisotopic (exact) mass is 396 g/mol. The van der Waals surface area contributed by atoms with Crippen LogP contribution in [0.5, 0.6) is 5.75 Å². The first kappa shape index (κ1) is 20.4. The summed E-state index contributed by atoms with van der Waals surface area (Å²) < 4.78 is 32.4. The maximum absolute atomic E-state index is 14.8. The molecule has 0 amide bonds. The van der Waals surface area contributed by atoms with Crippen LogP contribution in [0.1, 0.15) is 26.3 Å². The van der Waals surface area contributed by atoms with E-state index in [1.807, 2.05) is 50.2 Å². The van der Waals surface area contributed by atoms with E-state index >= 15 is 0 Å². The third kappa shape index (κ3) is 4.41. The molecule has 5 atom stereocenters. The van der Waals surface area contributed by atoms with Crippen molar-refractivity contribution in [1.29, 1.82) is 0 Å². The number of hydrogen-bond acceptors (Lipinski definition) is 6. The Hall–Kier alpha value is -1.31. The number of benzene rings is 1. The zero-order chi connectivity index (χ0) is 19.8. The number of thioether (sulfide) groups is 1. The van der Waals surface area contributed by atoms with Crippen molar-refractivity contribution in [1.82, 2.24) is 4.90 Å². The zero-order valence-corrected chi connectivity index (χ0v) is 17.6. The fourth-order valence-electron chi connectivity index (χ4n) is 3.65. The second-order valence-electron chi connectivity index (χ2n) is 7.89. The first-order valence-electron chi connectivity index (χ1n) is 9.21. The van der Waals surface area contributed by atoms with Gasteiger partial charge in [0.05, 0.1) is 25.9 Å². The van der Waals surface area contributed by atoms with Gasteiger partial charge in [0.1, 0.15) is 22.9 Å². The Labute approximate surface area is 165 Å². The summed E-state index contributed by atoms with van der Waals surface area (Å²) in [6, 6.07) is 7.65. The number of nitrogens with zero attached hydrogens (tertiary/aromatic N) is 2. The minimum atomic E-state index is -1.45. The Bertz CT molecular complexity index is 675. The molecule has 2 aliphatic heterocycles. The lowest BCUT2D eigenvalue weighted by Gasteiger charge is -2.45. The van der Waals surface area contributed by atoms with E-state index in [2.05, 4.69) is 0 Å². The molecular formula is C20H29FN2O3S. The summed E-state index contributed by atoms with van der Waals surface area (Å²) in [5, 5.41) is 0.896. The number of alkyl halides is 1. The number of hydrogen-bond donors (Lipinski definition) is 0. The van der Waals surface area contributed by atoms with Gasteiger partial charge in [-0.2, -0.15) is 0 Å². The number of rotatable bonds is 5. The van der Waals surface area contributed by atoms with Crippen LogP contribution in [0.3, 0.4) is 0 Å². The summed E-state index contributed by atoms with van der Waals surface area (Å²) in [5.74, 6) is 0.695. The lowest BCUT2D eigenvalue weighted by atomic mass is 9.83. The number of aliphatic imine (C=N–C) groups is 1. The molecule has 27 heavy (non-hydrogen) atoms. The van der Waals surface area contributed by atoms with Crippen molar-refractivity contribution >= 4 is 16.9 Å². The number of halogens is 1. The predicted molar refractivity (Wildman–Crippen MR) is 107 cm³/mol. The van der Waals surface area contributed by atoms with Crippen LogP contribution < -0.4 is 4.74 Å². The molecule has 7 heteroatoms. The highest BCUT2D eigenvalue weighted by Gasteiger charge is 2.52. The molecular weight excluding hydrogens is 367 g/mol. The van der Waals surface area contributed by atoms with Gasteiger partial charge in [-0.15, -0.1) is 0 Å². The summed E-state index contributed by atoms with van der Waals surface area (Å²) >= 11 is 1.55. The molecule has 3 rings (SSSR count). The van der Waals surface area contributed by atoms with Gasteiger partial charge in [0.2, 0.25) is 0 Å². The molecule has 0 unspecified atom stereocenters. The minimum Gasteiger partial charge on any atom is -0.497 e. The fourth-order valence-corrected chi connectivity index (χ4v) is 4.78. The molecule has 0 saturated carbocycles. The van der Waals surface area contributed by atoms with Gasteiger partial charge in [0, 0.05) is 20.0 Å². The van der Waals surface area contributed by atoms with Crippen LogP contribution >= 0.6 is 11.8 Å². The lowest BCUT2D eigenvalue weighted by Crippen LogP contribution is -2.56. The molecule has 0 aromatic heterocycles. The highest BCUT2D eigenvalue weighted by atomic mass is 32.2. The van der Waals surface area contributed by atoms with Crippen molar-refractivity contribution in [2.24, 2.45) is 10.9 Å². The smallest absolute Gasteiger partial charge is 0.161 e. The minimum absolute atomic E-state index is 0.115. The van der Waals surface area contributed by atoms with E-state index < -0.39 is 11.8 Å². The molecule has 0 N–H and O–H groups in total. The van der Waals surface area contributed by atoms with Crippen molar-refractivity contribution in [2.45, 2.75) is 56.7 Å². The Kier molecular flexibility index (Phi) is 6.03. The van der Waals surface area contributed by atoms with Crippen molar-refractivity contribution in [2.75, 3.05) is 21.2 Å². The Morgan fingerprint density at radius 2 is 1.93 bits per heavy atom. The van der Waals surface area contributed by atoms with Crippen LogP contribution in [0, 0.1) is 5.92 Å². The highest BCUT2D eigenvalue weighted by Crippen LogP contribution is 2.44. The first-order chi connectivity index (χ1) is 12.7. The Morgan fingerprint density at radius 3 is 2.48 bits per heavy atom. The fraction of sp³-hybridized carbons (Fsp3) is 0.650. The van der Waals surface area contributed by atoms with Crippen LogP contribution in [0.4, 0.5) is 4.39 Å². The van der Waals surface area contributed by atoms with Crippen molar-refractivity contribution in [3.63, 3.8) is 0 Å². The molecule has 1 saturated heterocycles. The van der Waals surface area contributed by atoms with Crippen molar-refractivity contribution in [3.8, 4) is 5.75 Å². The van der Waals surface area contributed by atoms with Gasteiger partial charge in [-0.1, -0.05) is 30.8 Å². The number of methoxy groups -OCH3 is 1. The predicted octanol–water partition coefficient (Wildman–Crippen LogP) is 3.72. The standard InChI is InChI=1S/C20H29FN2O3S/c1-12-16(25-11-13-7-9-14(24-6)10-8-13)15-18(26-17(12)20(2,3)21)27-19(22-15)23(4)5/h7-10,12,15-18H,11H2,1-6H3/t12-,15+,16-,17-,18+/m0/s1. The zero-order valence-electron chi connectivity index (χ0n) is 16.8. The van der Waals surface area contributed by atoms with Crippen molar-refractivity contribution < 1.29 is 18.6 Å².